The van der Waals surface area contributed by atoms with Gasteiger partial charge in [0.25, 0.3) is 0 Å². The van der Waals surface area contributed by atoms with Crippen molar-refractivity contribution < 1.29 is 14.9 Å². The van der Waals surface area contributed by atoms with E-state index in [0.717, 1.165) is 11.1 Å². The maximum Gasteiger partial charge on any atom is 0.186 e. The molecular weight excluding hydrogens is 238 g/mol. The fourth-order valence-corrected chi connectivity index (χ4v) is 1.56. The first-order valence-electron chi connectivity index (χ1n) is 5.48. The number of fused-ring (bicyclic) bond motifs is 1. The zero-order chi connectivity index (χ0) is 13.0. The Kier molecular flexibility index (Phi) is 4.03. The standard InChI is InChI=1S/C10H15N5O3/c1-11-9-8-7(4-18-3-6(17)2-16)14-15-10(8)13-5-12-9/h5-6,16-17H,2-4H2,1H3,(H2,11,12,13,14,15)/t6-/m0/s1. The lowest BCUT2D eigenvalue weighted by molar-refractivity contribution is -0.000549. The van der Waals surface area contributed by atoms with Gasteiger partial charge in [0, 0.05) is 7.05 Å². The van der Waals surface area contributed by atoms with Gasteiger partial charge >= 0.3 is 0 Å². The van der Waals surface area contributed by atoms with Crippen LogP contribution in [-0.4, -0.2) is 56.7 Å². The van der Waals surface area contributed by atoms with Crippen LogP contribution in [0, 0.1) is 0 Å². The predicted molar refractivity (Wildman–Crippen MR) is 64.0 cm³/mol. The molecule has 0 aliphatic rings. The van der Waals surface area contributed by atoms with E-state index in [-0.39, 0.29) is 19.8 Å². The second-order valence-electron chi connectivity index (χ2n) is 3.72. The van der Waals surface area contributed by atoms with Crippen molar-refractivity contribution in [1.29, 1.82) is 0 Å². The van der Waals surface area contributed by atoms with Crippen molar-refractivity contribution >= 4 is 16.9 Å². The van der Waals surface area contributed by atoms with Crippen LogP contribution in [0.2, 0.25) is 0 Å². The van der Waals surface area contributed by atoms with Gasteiger partial charge in [-0.25, -0.2) is 9.97 Å². The van der Waals surface area contributed by atoms with Gasteiger partial charge in [-0.1, -0.05) is 0 Å². The van der Waals surface area contributed by atoms with Gasteiger partial charge in [-0.2, -0.15) is 5.10 Å². The first-order chi connectivity index (χ1) is 8.76. The topological polar surface area (TPSA) is 116 Å². The van der Waals surface area contributed by atoms with Crippen molar-refractivity contribution in [2.24, 2.45) is 0 Å². The summed E-state index contributed by atoms with van der Waals surface area (Å²) in [6, 6.07) is 0. The van der Waals surface area contributed by atoms with Gasteiger partial charge in [-0.05, 0) is 0 Å². The van der Waals surface area contributed by atoms with Crippen LogP contribution in [0.15, 0.2) is 6.33 Å². The van der Waals surface area contributed by atoms with E-state index >= 15 is 0 Å². The molecule has 0 fully saturated rings. The summed E-state index contributed by atoms with van der Waals surface area (Å²) < 4.78 is 5.27. The molecule has 0 saturated carbocycles. The number of nitrogens with zero attached hydrogens (tertiary/aromatic N) is 3. The number of aliphatic hydroxyl groups is 2. The highest BCUT2D eigenvalue weighted by Crippen LogP contribution is 2.21. The quantitative estimate of drug-likeness (QED) is 0.536. The third-order valence-electron chi connectivity index (χ3n) is 2.43. The molecule has 0 saturated heterocycles. The second-order valence-corrected chi connectivity index (χ2v) is 3.72. The Morgan fingerprint density at radius 2 is 2.33 bits per heavy atom. The predicted octanol–water partition coefficient (Wildman–Crippen LogP) is -0.736. The van der Waals surface area contributed by atoms with Crippen molar-refractivity contribution in [3.63, 3.8) is 0 Å². The average Bonchev–Trinajstić information content (AvgIpc) is 2.82. The normalized spacial score (nSPS) is 12.8. The summed E-state index contributed by atoms with van der Waals surface area (Å²) in [5.41, 5.74) is 1.27. The Morgan fingerprint density at radius 3 is 3.06 bits per heavy atom. The molecule has 0 unspecified atom stereocenters. The first-order valence-corrected chi connectivity index (χ1v) is 5.48. The third-order valence-corrected chi connectivity index (χ3v) is 2.43. The fraction of sp³-hybridized carbons (Fsp3) is 0.500. The Labute approximate surface area is 103 Å². The molecule has 8 nitrogen and oxygen atoms in total. The number of anilines is 1. The number of hydrogen-bond acceptors (Lipinski definition) is 7. The highest BCUT2D eigenvalue weighted by Gasteiger charge is 2.12. The van der Waals surface area contributed by atoms with E-state index in [1.165, 1.54) is 6.33 Å². The molecule has 0 bridgehead atoms. The van der Waals surface area contributed by atoms with Gasteiger partial charge in [0.1, 0.15) is 18.2 Å². The molecular formula is C10H15N5O3. The largest absolute Gasteiger partial charge is 0.394 e. The molecule has 2 heterocycles. The van der Waals surface area contributed by atoms with E-state index in [4.69, 9.17) is 14.9 Å². The third kappa shape index (κ3) is 2.55. The SMILES string of the molecule is CNc1ncnc2n[nH]c(COC[C@@H](O)CO)c12. The smallest absolute Gasteiger partial charge is 0.186 e. The van der Waals surface area contributed by atoms with Gasteiger partial charge in [-0.15, -0.1) is 0 Å². The van der Waals surface area contributed by atoms with Gasteiger partial charge in [0.15, 0.2) is 5.65 Å². The number of aromatic nitrogens is 4. The van der Waals surface area contributed by atoms with E-state index < -0.39 is 6.10 Å². The van der Waals surface area contributed by atoms with Crippen molar-refractivity contribution in [3.05, 3.63) is 12.0 Å². The maximum atomic E-state index is 9.16. The highest BCUT2D eigenvalue weighted by molar-refractivity contribution is 5.88. The van der Waals surface area contributed by atoms with E-state index in [9.17, 15) is 0 Å². The molecule has 2 aromatic heterocycles. The van der Waals surface area contributed by atoms with Crippen LogP contribution in [0.25, 0.3) is 11.0 Å². The van der Waals surface area contributed by atoms with Crippen LogP contribution in [0.4, 0.5) is 5.82 Å². The lowest BCUT2D eigenvalue weighted by Crippen LogP contribution is -2.19. The summed E-state index contributed by atoms with van der Waals surface area (Å²) in [4.78, 5) is 8.12. The Hall–Kier alpha value is -1.77. The lowest BCUT2D eigenvalue weighted by Gasteiger charge is -2.07. The molecule has 0 amide bonds. The molecule has 2 aromatic rings. The first kappa shape index (κ1) is 12.7. The molecule has 18 heavy (non-hydrogen) atoms. The molecule has 8 heteroatoms. The summed E-state index contributed by atoms with van der Waals surface area (Å²) in [5.74, 6) is 0.662. The number of H-pyrrole nitrogens is 1. The van der Waals surface area contributed by atoms with Crippen molar-refractivity contribution in [2.75, 3.05) is 25.6 Å². The van der Waals surface area contributed by atoms with E-state index in [1.807, 2.05) is 0 Å². The zero-order valence-electron chi connectivity index (χ0n) is 9.92. The second kappa shape index (κ2) is 5.71. The summed E-state index contributed by atoms with van der Waals surface area (Å²) in [6.45, 7) is -0.0379. The van der Waals surface area contributed by atoms with Crippen LogP contribution in [0.1, 0.15) is 5.69 Å². The number of aliphatic hydroxyl groups excluding tert-OH is 2. The van der Waals surface area contributed by atoms with Gasteiger partial charge in [0.05, 0.1) is 30.9 Å². The number of ether oxygens (including phenoxy) is 1. The van der Waals surface area contributed by atoms with Crippen molar-refractivity contribution in [2.45, 2.75) is 12.7 Å². The van der Waals surface area contributed by atoms with Crippen LogP contribution in [-0.2, 0) is 11.3 Å². The zero-order valence-corrected chi connectivity index (χ0v) is 9.92. The number of hydrogen-bond donors (Lipinski definition) is 4. The maximum absolute atomic E-state index is 9.16. The fourth-order valence-electron chi connectivity index (χ4n) is 1.56. The number of rotatable bonds is 6. The van der Waals surface area contributed by atoms with Crippen LogP contribution in [0.3, 0.4) is 0 Å². The molecule has 0 spiro atoms. The molecule has 0 aromatic carbocycles. The van der Waals surface area contributed by atoms with E-state index in [0.29, 0.717) is 11.5 Å². The van der Waals surface area contributed by atoms with Crippen LogP contribution < -0.4 is 5.32 Å². The van der Waals surface area contributed by atoms with E-state index in [2.05, 4.69) is 25.5 Å². The molecule has 0 radical (unpaired) electrons. The monoisotopic (exact) mass is 253 g/mol. The van der Waals surface area contributed by atoms with E-state index in [1.54, 1.807) is 7.05 Å². The molecule has 98 valence electrons. The number of nitrogens with one attached hydrogen (secondary N) is 2. The highest BCUT2D eigenvalue weighted by atomic mass is 16.5. The molecule has 1 atom stereocenters. The van der Waals surface area contributed by atoms with Crippen LogP contribution >= 0.6 is 0 Å². The Morgan fingerprint density at radius 1 is 1.50 bits per heavy atom. The van der Waals surface area contributed by atoms with Gasteiger partial charge in [-0.3, -0.25) is 5.10 Å². The minimum Gasteiger partial charge on any atom is -0.394 e. The van der Waals surface area contributed by atoms with Crippen LogP contribution in [0.5, 0.6) is 0 Å². The Bertz CT molecular complexity index is 515. The summed E-state index contributed by atoms with van der Waals surface area (Å²) in [6.07, 6.45) is 0.550. The van der Waals surface area contributed by atoms with Gasteiger partial charge in [0.2, 0.25) is 0 Å². The summed E-state index contributed by atoms with van der Waals surface area (Å²) in [7, 11) is 1.76. The summed E-state index contributed by atoms with van der Waals surface area (Å²) >= 11 is 0. The Balaban J connectivity index is 2.13. The molecule has 2 rings (SSSR count). The molecule has 4 N–H and O–H groups in total. The van der Waals surface area contributed by atoms with Crippen molar-refractivity contribution in [3.8, 4) is 0 Å². The number of aromatic amines is 1. The van der Waals surface area contributed by atoms with Crippen molar-refractivity contribution in [1.82, 2.24) is 20.2 Å². The minimum absolute atomic E-state index is 0.0551. The summed E-state index contributed by atoms with van der Waals surface area (Å²) in [5, 5.41) is 28.4. The minimum atomic E-state index is -0.876. The van der Waals surface area contributed by atoms with Gasteiger partial charge < -0.3 is 20.3 Å². The lowest BCUT2D eigenvalue weighted by atomic mass is 10.3. The molecule has 0 aliphatic carbocycles. The average molecular weight is 253 g/mol. The molecule has 0 aliphatic heterocycles.